The van der Waals surface area contributed by atoms with Crippen LogP contribution in [-0.2, 0) is 0 Å². The van der Waals surface area contributed by atoms with Gasteiger partial charge in [0.2, 0.25) is 0 Å². The van der Waals surface area contributed by atoms with Gasteiger partial charge in [-0.1, -0.05) is 6.07 Å². The van der Waals surface area contributed by atoms with E-state index in [0.717, 1.165) is 27.8 Å². The maximum absolute atomic E-state index is 9.60. The number of nitrogens with two attached hydrogens (primary N) is 1. The van der Waals surface area contributed by atoms with Crippen LogP contribution >= 0.6 is 0 Å². The van der Waals surface area contributed by atoms with Crippen LogP contribution in [0.5, 0.6) is 5.75 Å². The average Bonchev–Trinajstić information content (AvgIpc) is 2.57. The monoisotopic (exact) mass is 310 g/mol. The van der Waals surface area contributed by atoms with Crippen LogP contribution in [0.2, 0.25) is 0 Å². The predicted molar refractivity (Wildman–Crippen MR) is 88.3 cm³/mol. The maximum Gasteiger partial charge on any atom is 0.165 e. The van der Waals surface area contributed by atoms with Crippen molar-refractivity contribution in [3.05, 3.63) is 60.3 Å². The molecule has 118 valence electrons. The van der Waals surface area contributed by atoms with E-state index in [1.165, 1.54) is 6.20 Å². The Morgan fingerprint density at radius 2 is 2.13 bits per heavy atom. The molecule has 2 aromatic heterocycles. The summed E-state index contributed by atoms with van der Waals surface area (Å²) in [5.41, 5.74) is 7.61. The van der Waals surface area contributed by atoms with Crippen molar-refractivity contribution in [2.45, 2.75) is 6.42 Å². The van der Waals surface area contributed by atoms with Gasteiger partial charge in [-0.05, 0) is 30.3 Å². The Bertz CT molecular complexity index is 874. The number of fused-ring (bicyclic) bond motifs is 1. The number of hydrogen-bond acceptors (Lipinski definition) is 5. The summed E-state index contributed by atoms with van der Waals surface area (Å²) < 4.78 is 6.68. The van der Waals surface area contributed by atoms with Gasteiger partial charge in [-0.3, -0.25) is 9.98 Å². The van der Waals surface area contributed by atoms with E-state index in [2.05, 4.69) is 9.98 Å². The molecule has 3 aromatic rings. The minimum Gasteiger partial charge on any atom is -0.494 e. The normalized spacial score (nSPS) is 11.7. The molecule has 0 aliphatic rings. The van der Waals surface area contributed by atoms with Crippen molar-refractivity contribution in [2.75, 3.05) is 18.9 Å². The van der Waals surface area contributed by atoms with Gasteiger partial charge >= 0.3 is 0 Å². The van der Waals surface area contributed by atoms with Gasteiger partial charge in [-0.25, -0.2) is 0 Å². The Morgan fingerprint density at radius 1 is 1.22 bits per heavy atom. The Balaban J connectivity index is 1.55. The number of anilines is 1. The van der Waals surface area contributed by atoms with E-state index < -0.39 is 0 Å². The lowest BCUT2D eigenvalue weighted by Gasteiger charge is -2.06. The fourth-order valence-electron chi connectivity index (χ4n) is 2.21. The van der Waals surface area contributed by atoms with Crippen molar-refractivity contribution in [3.8, 4) is 5.75 Å². The number of aromatic nitrogens is 2. The molecule has 1 aromatic carbocycles. The van der Waals surface area contributed by atoms with Crippen LogP contribution in [0.25, 0.3) is 10.9 Å². The SMILES string of the molecule is Nc1ccn(O)c(=NCCCOc2ccc3ncccc3c2)c1. The highest BCUT2D eigenvalue weighted by molar-refractivity contribution is 5.79. The molecule has 3 N–H and O–H groups in total. The van der Waals surface area contributed by atoms with Crippen molar-refractivity contribution in [1.82, 2.24) is 9.71 Å². The molecule has 3 rings (SSSR count). The van der Waals surface area contributed by atoms with Crippen molar-refractivity contribution in [1.29, 1.82) is 0 Å². The van der Waals surface area contributed by atoms with Gasteiger partial charge in [0.1, 0.15) is 5.75 Å². The van der Waals surface area contributed by atoms with E-state index in [9.17, 15) is 5.21 Å². The summed E-state index contributed by atoms with van der Waals surface area (Å²) in [5, 5.41) is 10.7. The molecular weight excluding hydrogens is 292 g/mol. The first-order valence-electron chi connectivity index (χ1n) is 7.38. The molecule has 0 saturated heterocycles. The number of benzene rings is 1. The highest BCUT2D eigenvalue weighted by atomic mass is 16.5. The van der Waals surface area contributed by atoms with Crippen molar-refractivity contribution < 1.29 is 9.94 Å². The van der Waals surface area contributed by atoms with Crippen LogP contribution < -0.4 is 16.0 Å². The van der Waals surface area contributed by atoms with Crippen LogP contribution in [0.1, 0.15) is 6.42 Å². The predicted octanol–water partition coefficient (Wildman–Crippen LogP) is 2.23. The molecule has 0 radical (unpaired) electrons. The number of nitrogens with zero attached hydrogens (tertiary/aromatic N) is 3. The summed E-state index contributed by atoms with van der Waals surface area (Å²) in [7, 11) is 0. The van der Waals surface area contributed by atoms with E-state index in [-0.39, 0.29) is 0 Å². The Hall–Kier alpha value is -3.02. The Morgan fingerprint density at radius 3 is 3.04 bits per heavy atom. The summed E-state index contributed by atoms with van der Waals surface area (Å²) in [6.45, 7) is 1.09. The molecule has 0 saturated carbocycles. The molecule has 0 amide bonds. The molecule has 23 heavy (non-hydrogen) atoms. The van der Waals surface area contributed by atoms with Crippen LogP contribution in [0.4, 0.5) is 5.69 Å². The molecule has 0 unspecified atom stereocenters. The fourth-order valence-corrected chi connectivity index (χ4v) is 2.21. The first-order chi connectivity index (χ1) is 11.2. The zero-order valence-corrected chi connectivity index (χ0v) is 12.6. The molecule has 0 aliphatic heterocycles. The zero-order chi connectivity index (χ0) is 16.1. The third-order valence-electron chi connectivity index (χ3n) is 3.36. The van der Waals surface area contributed by atoms with E-state index in [1.54, 1.807) is 18.3 Å². The van der Waals surface area contributed by atoms with Crippen molar-refractivity contribution in [3.63, 3.8) is 0 Å². The van der Waals surface area contributed by atoms with Crippen molar-refractivity contribution >= 4 is 16.6 Å². The molecule has 6 nitrogen and oxygen atoms in total. The summed E-state index contributed by atoms with van der Waals surface area (Å²) in [6.07, 6.45) is 3.97. The second-order valence-corrected chi connectivity index (χ2v) is 5.10. The molecule has 2 heterocycles. The van der Waals surface area contributed by atoms with Gasteiger partial charge in [-0.15, -0.1) is 0 Å². The van der Waals surface area contributed by atoms with Crippen LogP contribution in [0.15, 0.2) is 59.9 Å². The first-order valence-corrected chi connectivity index (χ1v) is 7.38. The van der Waals surface area contributed by atoms with E-state index >= 15 is 0 Å². The largest absolute Gasteiger partial charge is 0.494 e. The van der Waals surface area contributed by atoms with Gasteiger partial charge < -0.3 is 15.7 Å². The summed E-state index contributed by atoms with van der Waals surface area (Å²) >= 11 is 0. The lowest BCUT2D eigenvalue weighted by molar-refractivity contribution is 0.171. The number of rotatable bonds is 5. The number of nitrogen functional groups attached to an aromatic ring is 1. The summed E-state index contributed by atoms with van der Waals surface area (Å²) in [5.74, 6) is 0.812. The van der Waals surface area contributed by atoms with Crippen LogP contribution in [-0.4, -0.2) is 28.1 Å². The highest BCUT2D eigenvalue weighted by Gasteiger charge is 1.98. The van der Waals surface area contributed by atoms with Gasteiger partial charge in [0, 0.05) is 42.5 Å². The van der Waals surface area contributed by atoms with Crippen LogP contribution in [0, 0.1) is 0 Å². The van der Waals surface area contributed by atoms with E-state index in [1.807, 2.05) is 30.3 Å². The first kappa shape index (κ1) is 14.9. The van der Waals surface area contributed by atoms with Gasteiger partial charge in [0.15, 0.2) is 5.49 Å². The third-order valence-corrected chi connectivity index (χ3v) is 3.36. The van der Waals surface area contributed by atoms with Gasteiger partial charge in [0.25, 0.3) is 0 Å². The van der Waals surface area contributed by atoms with Gasteiger partial charge in [-0.2, -0.15) is 4.73 Å². The average molecular weight is 310 g/mol. The quantitative estimate of drug-likeness (QED) is 0.559. The molecule has 0 atom stereocenters. The summed E-state index contributed by atoms with van der Waals surface area (Å²) in [4.78, 5) is 8.56. The molecule has 0 fully saturated rings. The molecular formula is C17H18N4O2. The molecule has 0 aliphatic carbocycles. The lowest BCUT2D eigenvalue weighted by Crippen LogP contribution is -2.19. The summed E-state index contributed by atoms with van der Waals surface area (Å²) in [6, 6.07) is 13.0. The molecule has 6 heteroatoms. The molecule has 0 spiro atoms. The van der Waals surface area contributed by atoms with Gasteiger partial charge in [0.05, 0.1) is 12.1 Å². The highest BCUT2D eigenvalue weighted by Crippen LogP contribution is 2.18. The minimum atomic E-state index is 0.432. The second kappa shape index (κ2) is 6.83. The van der Waals surface area contributed by atoms with E-state index in [0.29, 0.717) is 24.3 Å². The van der Waals surface area contributed by atoms with E-state index in [4.69, 9.17) is 10.5 Å². The van der Waals surface area contributed by atoms with Crippen molar-refractivity contribution in [2.24, 2.45) is 4.99 Å². The topological polar surface area (TPSA) is 85.7 Å². The fraction of sp³-hybridized carbons (Fsp3) is 0.176. The number of ether oxygens (including phenoxy) is 1. The van der Waals surface area contributed by atoms with Crippen LogP contribution in [0.3, 0.4) is 0 Å². The smallest absolute Gasteiger partial charge is 0.165 e. The third kappa shape index (κ3) is 3.79. The lowest BCUT2D eigenvalue weighted by atomic mass is 10.2. The number of hydrogen-bond donors (Lipinski definition) is 2. The minimum absolute atomic E-state index is 0.432. The standard InChI is InChI=1S/C17H18N4O2/c18-14-6-9-21(22)17(12-14)20-8-2-10-23-15-4-5-16-13(11-15)3-1-7-19-16/h1,3-7,9,11-12,22H,2,8,10,18H2. The Labute approximate surface area is 133 Å². The molecule has 0 bridgehead atoms. The zero-order valence-electron chi connectivity index (χ0n) is 12.6. The second-order valence-electron chi connectivity index (χ2n) is 5.10. The number of pyridine rings is 2. The maximum atomic E-state index is 9.60. The Kier molecular flexibility index (Phi) is 4.42.